The largest absolute Gasteiger partial charge is 0.366 e. The molecule has 0 aliphatic heterocycles. The smallest absolute Gasteiger partial charge is 0.203 e. The van der Waals surface area contributed by atoms with Gasteiger partial charge in [0.25, 0.3) is 0 Å². The summed E-state index contributed by atoms with van der Waals surface area (Å²) in [5.41, 5.74) is 0.765. The van der Waals surface area contributed by atoms with Crippen molar-refractivity contribution in [2.24, 2.45) is 5.41 Å². The van der Waals surface area contributed by atoms with Crippen LogP contribution in [0.3, 0.4) is 0 Å². The molecule has 0 amide bonds. The van der Waals surface area contributed by atoms with Crippen LogP contribution in [0.15, 0.2) is 12.4 Å². The molecular weight excluding hydrogens is 238 g/mol. The summed E-state index contributed by atoms with van der Waals surface area (Å²) < 4.78 is 1.91. The molecule has 92 valence electrons. The van der Waals surface area contributed by atoms with Crippen molar-refractivity contribution in [3.8, 4) is 0 Å². The first-order valence-corrected chi connectivity index (χ1v) is 6.03. The van der Waals surface area contributed by atoms with Gasteiger partial charge in [-0.15, -0.1) is 21.8 Å². The van der Waals surface area contributed by atoms with Crippen LogP contribution in [0.1, 0.15) is 19.7 Å². The number of aryl methyl sites for hydroxylation is 1. The van der Waals surface area contributed by atoms with Crippen LogP contribution in [0.5, 0.6) is 0 Å². The molecule has 2 rings (SSSR count). The van der Waals surface area contributed by atoms with Crippen molar-refractivity contribution in [3.63, 3.8) is 0 Å². The van der Waals surface area contributed by atoms with Crippen molar-refractivity contribution in [2.45, 2.75) is 20.8 Å². The Labute approximate surface area is 105 Å². The molecule has 0 atom stereocenters. The van der Waals surface area contributed by atoms with Crippen LogP contribution in [-0.2, 0) is 0 Å². The van der Waals surface area contributed by atoms with Gasteiger partial charge in [-0.05, 0) is 12.3 Å². The van der Waals surface area contributed by atoms with E-state index in [1.54, 1.807) is 6.20 Å². The van der Waals surface area contributed by atoms with E-state index in [9.17, 15) is 0 Å². The molecule has 17 heavy (non-hydrogen) atoms. The maximum absolute atomic E-state index is 5.89. The standard InChI is InChI=1S/C11H16ClN5/c1-8-15-16-10-9(13-4-5-17(8)10)14-7-11(2,3)6-12/h4-5H,6-7H2,1-3H3,(H,13,14). The van der Waals surface area contributed by atoms with Gasteiger partial charge in [0.05, 0.1) is 0 Å². The zero-order valence-electron chi connectivity index (χ0n) is 10.2. The molecule has 0 aliphatic rings. The van der Waals surface area contributed by atoms with E-state index in [-0.39, 0.29) is 5.41 Å². The molecule has 0 aromatic carbocycles. The van der Waals surface area contributed by atoms with Gasteiger partial charge in [-0.1, -0.05) is 13.8 Å². The van der Waals surface area contributed by atoms with Crippen LogP contribution in [0.2, 0.25) is 0 Å². The second-order valence-corrected chi connectivity index (χ2v) is 5.14. The summed E-state index contributed by atoms with van der Waals surface area (Å²) in [5, 5.41) is 11.4. The molecule has 0 fully saturated rings. The molecule has 0 saturated heterocycles. The second kappa shape index (κ2) is 4.49. The van der Waals surface area contributed by atoms with Gasteiger partial charge >= 0.3 is 0 Å². The summed E-state index contributed by atoms with van der Waals surface area (Å²) in [6.45, 7) is 6.85. The Hall–Kier alpha value is -1.36. The number of hydrogen-bond donors (Lipinski definition) is 1. The summed E-state index contributed by atoms with van der Waals surface area (Å²) in [7, 11) is 0. The van der Waals surface area contributed by atoms with Crippen molar-refractivity contribution < 1.29 is 0 Å². The van der Waals surface area contributed by atoms with Gasteiger partial charge in [0, 0.05) is 24.8 Å². The van der Waals surface area contributed by atoms with Crippen molar-refractivity contribution in [1.82, 2.24) is 19.6 Å². The first-order valence-electron chi connectivity index (χ1n) is 5.50. The van der Waals surface area contributed by atoms with E-state index in [1.807, 2.05) is 17.5 Å². The Morgan fingerprint density at radius 3 is 2.88 bits per heavy atom. The van der Waals surface area contributed by atoms with Crippen molar-refractivity contribution in [2.75, 3.05) is 17.7 Å². The zero-order chi connectivity index (χ0) is 12.5. The predicted octanol–water partition coefficient (Wildman–Crippen LogP) is 2.11. The van der Waals surface area contributed by atoms with Gasteiger partial charge in [0.1, 0.15) is 5.82 Å². The molecule has 0 aliphatic carbocycles. The highest BCUT2D eigenvalue weighted by atomic mass is 35.5. The summed E-state index contributed by atoms with van der Waals surface area (Å²) in [4.78, 5) is 4.28. The molecule has 0 bridgehead atoms. The van der Waals surface area contributed by atoms with Gasteiger partial charge in [-0.25, -0.2) is 4.98 Å². The Balaban J connectivity index is 2.25. The van der Waals surface area contributed by atoms with Gasteiger partial charge in [0.15, 0.2) is 5.82 Å². The first-order chi connectivity index (χ1) is 8.03. The number of nitrogens with zero attached hydrogens (tertiary/aromatic N) is 4. The van der Waals surface area contributed by atoms with Crippen LogP contribution < -0.4 is 5.32 Å². The molecule has 2 heterocycles. The van der Waals surface area contributed by atoms with Crippen molar-refractivity contribution >= 4 is 23.1 Å². The monoisotopic (exact) mass is 253 g/mol. The average Bonchev–Trinajstić information content (AvgIpc) is 2.70. The highest BCUT2D eigenvalue weighted by Crippen LogP contribution is 2.19. The fraction of sp³-hybridized carbons (Fsp3) is 0.545. The number of alkyl halides is 1. The Morgan fingerprint density at radius 1 is 1.41 bits per heavy atom. The lowest BCUT2D eigenvalue weighted by molar-refractivity contribution is 0.450. The number of anilines is 1. The lowest BCUT2D eigenvalue weighted by atomic mass is 9.97. The minimum absolute atomic E-state index is 0.0190. The molecule has 5 nitrogen and oxygen atoms in total. The Morgan fingerprint density at radius 2 is 2.18 bits per heavy atom. The Kier molecular flexibility index (Phi) is 3.19. The third-order valence-electron chi connectivity index (χ3n) is 2.59. The maximum atomic E-state index is 5.89. The normalized spacial score (nSPS) is 12.0. The molecule has 1 N–H and O–H groups in total. The third kappa shape index (κ3) is 2.49. The summed E-state index contributed by atoms with van der Waals surface area (Å²) in [6.07, 6.45) is 3.59. The van der Waals surface area contributed by atoms with E-state index in [0.29, 0.717) is 5.88 Å². The third-order valence-corrected chi connectivity index (χ3v) is 3.32. The Bertz CT molecular complexity index is 520. The summed E-state index contributed by atoms with van der Waals surface area (Å²) >= 11 is 5.89. The van der Waals surface area contributed by atoms with Crippen LogP contribution in [0.25, 0.3) is 5.65 Å². The molecule has 6 heteroatoms. The molecule has 0 saturated carbocycles. The quantitative estimate of drug-likeness (QED) is 0.848. The minimum Gasteiger partial charge on any atom is -0.366 e. The number of halogens is 1. The van der Waals surface area contributed by atoms with E-state index in [2.05, 4.69) is 34.3 Å². The highest BCUT2D eigenvalue weighted by molar-refractivity contribution is 6.18. The molecular formula is C11H16ClN5. The minimum atomic E-state index is 0.0190. The van der Waals surface area contributed by atoms with E-state index in [1.165, 1.54) is 0 Å². The first kappa shape index (κ1) is 12.1. The fourth-order valence-corrected chi connectivity index (χ4v) is 1.53. The lowest BCUT2D eigenvalue weighted by Gasteiger charge is -2.21. The van der Waals surface area contributed by atoms with E-state index < -0.39 is 0 Å². The number of rotatable bonds is 4. The summed E-state index contributed by atoms with van der Waals surface area (Å²) in [6, 6.07) is 0. The molecule has 0 unspecified atom stereocenters. The average molecular weight is 254 g/mol. The maximum Gasteiger partial charge on any atom is 0.203 e. The highest BCUT2D eigenvalue weighted by Gasteiger charge is 2.17. The van der Waals surface area contributed by atoms with Gasteiger partial charge < -0.3 is 5.32 Å². The number of aromatic nitrogens is 4. The molecule has 2 aromatic rings. The van der Waals surface area contributed by atoms with Crippen LogP contribution in [0.4, 0.5) is 5.82 Å². The van der Waals surface area contributed by atoms with Gasteiger partial charge in [-0.3, -0.25) is 4.40 Å². The van der Waals surface area contributed by atoms with E-state index in [0.717, 1.165) is 23.8 Å². The molecule has 2 aromatic heterocycles. The fourth-order valence-electron chi connectivity index (χ4n) is 1.44. The molecule has 0 spiro atoms. The SMILES string of the molecule is Cc1nnc2c(NCC(C)(C)CCl)nccn12. The van der Waals surface area contributed by atoms with Gasteiger partial charge in [0.2, 0.25) is 5.65 Å². The van der Waals surface area contributed by atoms with Crippen molar-refractivity contribution in [3.05, 3.63) is 18.2 Å². The second-order valence-electron chi connectivity index (χ2n) is 4.87. The predicted molar refractivity (Wildman–Crippen MR) is 68.5 cm³/mol. The number of fused-ring (bicyclic) bond motifs is 1. The number of hydrogen-bond acceptors (Lipinski definition) is 4. The topological polar surface area (TPSA) is 55.1 Å². The molecule has 0 radical (unpaired) electrons. The van der Waals surface area contributed by atoms with Crippen LogP contribution >= 0.6 is 11.6 Å². The zero-order valence-corrected chi connectivity index (χ0v) is 11.0. The van der Waals surface area contributed by atoms with E-state index in [4.69, 9.17) is 11.6 Å². The van der Waals surface area contributed by atoms with Crippen LogP contribution in [0, 0.1) is 12.3 Å². The van der Waals surface area contributed by atoms with Crippen LogP contribution in [-0.4, -0.2) is 32.0 Å². The summed E-state index contributed by atoms with van der Waals surface area (Å²) in [5.74, 6) is 2.18. The van der Waals surface area contributed by atoms with Crippen molar-refractivity contribution in [1.29, 1.82) is 0 Å². The van der Waals surface area contributed by atoms with E-state index >= 15 is 0 Å². The lowest BCUT2D eigenvalue weighted by Crippen LogP contribution is -2.25. The number of nitrogens with one attached hydrogen (secondary N) is 1. The van der Waals surface area contributed by atoms with Gasteiger partial charge in [-0.2, -0.15) is 0 Å².